The molecule has 1 aliphatic rings. The molecule has 6 nitrogen and oxygen atoms in total. The van der Waals surface area contributed by atoms with Crippen molar-refractivity contribution < 1.29 is 19.4 Å². The predicted octanol–water partition coefficient (Wildman–Crippen LogP) is 2.80. The van der Waals surface area contributed by atoms with Gasteiger partial charge in [0.1, 0.15) is 5.75 Å². The van der Waals surface area contributed by atoms with Gasteiger partial charge in [-0.15, -0.1) is 0 Å². The van der Waals surface area contributed by atoms with Gasteiger partial charge in [0.05, 0.1) is 18.4 Å². The normalized spacial score (nSPS) is 14.8. The molecule has 0 spiro atoms. The predicted molar refractivity (Wildman–Crippen MR) is 79.0 cm³/mol. The zero-order valence-electron chi connectivity index (χ0n) is 12.3. The van der Waals surface area contributed by atoms with E-state index in [2.05, 4.69) is 5.32 Å². The van der Waals surface area contributed by atoms with Crippen LogP contribution in [0, 0.1) is 0 Å². The Balaban J connectivity index is 2.15. The number of aromatic carboxylic acids is 1. The lowest BCUT2D eigenvalue weighted by Crippen LogP contribution is -2.38. The number of amides is 2. The number of carbonyl (C=O) groups excluding carboxylic acids is 1. The van der Waals surface area contributed by atoms with Gasteiger partial charge in [0.25, 0.3) is 0 Å². The zero-order chi connectivity index (χ0) is 15.4. The third-order valence-electron chi connectivity index (χ3n) is 3.88. The average molecular weight is 292 g/mol. The first-order chi connectivity index (χ1) is 10.0. The number of anilines is 1. The van der Waals surface area contributed by atoms with Gasteiger partial charge in [-0.2, -0.15) is 0 Å². The molecular formula is C15H20N2O4. The van der Waals surface area contributed by atoms with Crippen molar-refractivity contribution in [1.82, 2.24) is 4.90 Å². The maximum Gasteiger partial charge on any atom is 0.335 e. The third-order valence-corrected chi connectivity index (χ3v) is 3.88. The van der Waals surface area contributed by atoms with Gasteiger partial charge in [-0.1, -0.05) is 12.8 Å². The molecule has 6 heteroatoms. The van der Waals surface area contributed by atoms with Gasteiger partial charge in [-0.3, -0.25) is 0 Å². The number of hydrogen-bond donors (Lipinski definition) is 2. The molecule has 1 saturated carbocycles. The van der Waals surface area contributed by atoms with Crippen molar-refractivity contribution in [1.29, 1.82) is 0 Å². The quantitative estimate of drug-likeness (QED) is 0.894. The summed E-state index contributed by atoms with van der Waals surface area (Å²) in [7, 11) is 3.24. The smallest absolute Gasteiger partial charge is 0.335 e. The summed E-state index contributed by atoms with van der Waals surface area (Å²) in [5.74, 6) is -0.606. The number of carboxylic acid groups (broad SMARTS) is 1. The van der Waals surface area contributed by atoms with E-state index in [4.69, 9.17) is 9.84 Å². The Morgan fingerprint density at radius 1 is 1.33 bits per heavy atom. The number of benzene rings is 1. The van der Waals surface area contributed by atoms with Crippen LogP contribution in [-0.4, -0.2) is 42.2 Å². The van der Waals surface area contributed by atoms with E-state index in [0.717, 1.165) is 25.7 Å². The van der Waals surface area contributed by atoms with Crippen molar-refractivity contribution in [2.45, 2.75) is 31.7 Å². The van der Waals surface area contributed by atoms with Crippen LogP contribution in [-0.2, 0) is 0 Å². The maximum atomic E-state index is 12.3. The Hall–Kier alpha value is -2.24. The Labute approximate surface area is 123 Å². The topological polar surface area (TPSA) is 78.9 Å². The molecule has 0 saturated heterocycles. The summed E-state index contributed by atoms with van der Waals surface area (Å²) in [4.78, 5) is 25.0. The number of rotatable bonds is 4. The summed E-state index contributed by atoms with van der Waals surface area (Å²) in [6, 6.07) is 4.38. The van der Waals surface area contributed by atoms with Crippen molar-refractivity contribution in [2.24, 2.45) is 0 Å². The Bertz CT molecular complexity index is 538. The molecule has 1 fully saturated rings. The van der Waals surface area contributed by atoms with Crippen LogP contribution in [0.5, 0.6) is 5.75 Å². The molecule has 2 amide bonds. The van der Waals surface area contributed by atoms with Gasteiger partial charge in [0.2, 0.25) is 0 Å². The van der Waals surface area contributed by atoms with Crippen LogP contribution >= 0.6 is 0 Å². The van der Waals surface area contributed by atoms with Gasteiger partial charge in [-0.05, 0) is 31.0 Å². The molecule has 0 atom stereocenters. The molecule has 1 aromatic rings. The van der Waals surface area contributed by atoms with Gasteiger partial charge in [0, 0.05) is 13.1 Å². The Morgan fingerprint density at radius 2 is 2.00 bits per heavy atom. The first kappa shape index (κ1) is 15.2. The molecule has 2 rings (SSSR count). The number of carboxylic acids is 1. The van der Waals surface area contributed by atoms with Gasteiger partial charge in [-0.25, -0.2) is 9.59 Å². The minimum absolute atomic E-state index is 0.106. The summed E-state index contributed by atoms with van der Waals surface area (Å²) in [5, 5.41) is 11.8. The van der Waals surface area contributed by atoms with Crippen LogP contribution in [0.2, 0.25) is 0 Å². The van der Waals surface area contributed by atoms with E-state index in [1.165, 1.54) is 25.3 Å². The molecular weight excluding hydrogens is 272 g/mol. The second kappa shape index (κ2) is 6.47. The van der Waals surface area contributed by atoms with Crippen LogP contribution in [0.4, 0.5) is 10.5 Å². The number of urea groups is 1. The third kappa shape index (κ3) is 3.45. The van der Waals surface area contributed by atoms with Crippen molar-refractivity contribution in [3.05, 3.63) is 23.8 Å². The number of nitrogens with zero attached hydrogens (tertiary/aromatic N) is 1. The minimum atomic E-state index is -1.04. The summed E-state index contributed by atoms with van der Waals surface area (Å²) >= 11 is 0. The van der Waals surface area contributed by atoms with E-state index >= 15 is 0 Å². The van der Waals surface area contributed by atoms with Crippen molar-refractivity contribution in [3.8, 4) is 5.75 Å². The SMILES string of the molecule is COc1ccc(C(=O)O)cc1NC(=O)N(C)C1CCCC1. The van der Waals surface area contributed by atoms with E-state index in [1.807, 2.05) is 0 Å². The van der Waals surface area contributed by atoms with Gasteiger partial charge < -0.3 is 20.1 Å². The van der Waals surface area contributed by atoms with Gasteiger partial charge in [0.15, 0.2) is 0 Å². The lowest BCUT2D eigenvalue weighted by Gasteiger charge is -2.25. The Kier molecular flexibility index (Phi) is 4.67. The first-order valence-corrected chi connectivity index (χ1v) is 6.98. The summed E-state index contributed by atoms with van der Waals surface area (Å²) < 4.78 is 5.16. The Morgan fingerprint density at radius 3 is 2.57 bits per heavy atom. The van der Waals surface area contributed by atoms with Gasteiger partial charge >= 0.3 is 12.0 Å². The number of methoxy groups -OCH3 is 1. The molecule has 1 aliphatic carbocycles. The second-order valence-corrected chi connectivity index (χ2v) is 5.20. The number of carbonyl (C=O) groups is 2. The first-order valence-electron chi connectivity index (χ1n) is 6.98. The van der Waals surface area contributed by atoms with E-state index in [0.29, 0.717) is 11.4 Å². The molecule has 0 bridgehead atoms. The highest BCUT2D eigenvalue weighted by atomic mass is 16.5. The fourth-order valence-electron chi connectivity index (χ4n) is 2.60. The van der Waals surface area contributed by atoms with Crippen LogP contribution in [0.15, 0.2) is 18.2 Å². The highest BCUT2D eigenvalue weighted by Crippen LogP contribution is 2.27. The van der Waals surface area contributed by atoms with E-state index in [9.17, 15) is 9.59 Å². The minimum Gasteiger partial charge on any atom is -0.495 e. The molecule has 0 aliphatic heterocycles. The fraction of sp³-hybridized carbons (Fsp3) is 0.467. The largest absolute Gasteiger partial charge is 0.495 e. The molecule has 0 aromatic heterocycles. The molecule has 1 aromatic carbocycles. The lowest BCUT2D eigenvalue weighted by molar-refractivity contribution is 0.0697. The van der Waals surface area contributed by atoms with E-state index < -0.39 is 5.97 Å². The molecule has 21 heavy (non-hydrogen) atoms. The molecule has 2 N–H and O–H groups in total. The van der Waals surface area contributed by atoms with Crippen molar-refractivity contribution >= 4 is 17.7 Å². The fourth-order valence-corrected chi connectivity index (χ4v) is 2.60. The molecule has 0 unspecified atom stereocenters. The summed E-state index contributed by atoms with van der Waals surface area (Å²) in [5.41, 5.74) is 0.474. The maximum absolute atomic E-state index is 12.3. The number of hydrogen-bond acceptors (Lipinski definition) is 3. The van der Waals surface area contributed by atoms with Crippen LogP contribution < -0.4 is 10.1 Å². The molecule has 0 heterocycles. The average Bonchev–Trinajstić information content (AvgIpc) is 3.00. The molecule has 0 radical (unpaired) electrons. The summed E-state index contributed by atoms with van der Waals surface area (Å²) in [6.07, 6.45) is 4.30. The van der Waals surface area contributed by atoms with Crippen LogP contribution in [0.25, 0.3) is 0 Å². The lowest BCUT2D eigenvalue weighted by atomic mass is 10.2. The van der Waals surface area contributed by atoms with E-state index in [1.54, 1.807) is 11.9 Å². The molecule has 114 valence electrons. The number of nitrogens with one attached hydrogen (secondary N) is 1. The monoisotopic (exact) mass is 292 g/mol. The van der Waals surface area contributed by atoms with Crippen molar-refractivity contribution in [2.75, 3.05) is 19.5 Å². The summed E-state index contributed by atoms with van der Waals surface area (Å²) in [6.45, 7) is 0. The second-order valence-electron chi connectivity index (χ2n) is 5.20. The van der Waals surface area contributed by atoms with E-state index in [-0.39, 0.29) is 17.6 Å². The number of ether oxygens (including phenoxy) is 1. The van der Waals surface area contributed by atoms with Crippen LogP contribution in [0.3, 0.4) is 0 Å². The van der Waals surface area contributed by atoms with Crippen molar-refractivity contribution in [3.63, 3.8) is 0 Å². The van der Waals surface area contributed by atoms with Crippen LogP contribution in [0.1, 0.15) is 36.0 Å². The standard InChI is InChI=1S/C15H20N2O4/c1-17(11-5-3-4-6-11)15(20)16-12-9-10(14(18)19)7-8-13(12)21-2/h7-9,11H,3-6H2,1-2H3,(H,16,20)(H,18,19). The zero-order valence-corrected chi connectivity index (χ0v) is 12.3. The highest BCUT2D eigenvalue weighted by Gasteiger charge is 2.24. The highest BCUT2D eigenvalue weighted by molar-refractivity contribution is 5.94.